The number of carbonyl (C=O) groups is 2. The van der Waals surface area contributed by atoms with Gasteiger partial charge in [0.2, 0.25) is 11.8 Å². The minimum atomic E-state index is -1.03. The highest BCUT2D eigenvalue weighted by atomic mass is 19.1. The van der Waals surface area contributed by atoms with Crippen LogP contribution in [0.4, 0.5) is 8.78 Å². The Hall–Kier alpha value is -2.02. The van der Waals surface area contributed by atoms with Gasteiger partial charge in [0.15, 0.2) is 0 Å². The molecule has 0 aromatic heterocycles. The van der Waals surface area contributed by atoms with Gasteiger partial charge in [-0.15, -0.1) is 0 Å². The number of carbonyl (C=O) groups excluding carboxylic acids is 2. The molecule has 1 atom stereocenters. The molecule has 2 amide bonds. The third kappa shape index (κ3) is 4.50. The number of rotatable bonds is 5. The molecular weight excluding hydrogens is 316 g/mol. The predicted molar refractivity (Wildman–Crippen MR) is 86.2 cm³/mol. The number of nitrogens with zero attached hydrogens (tertiary/aromatic N) is 1. The van der Waals surface area contributed by atoms with E-state index in [2.05, 4.69) is 10.6 Å². The summed E-state index contributed by atoms with van der Waals surface area (Å²) in [7, 11) is 1.70. The lowest BCUT2D eigenvalue weighted by atomic mass is 9.99. The van der Waals surface area contributed by atoms with E-state index in [1.165, 1.54) is 13.0 Å². The van der Waals surface area contributed by atoms with Gasteiger partial charge >= 0.3 is 0 Å². The smallest absolute Gasteiger partial charge is 0.224 e. The van der Waals surface area contributed by atoms with E-state index in [1.807, 2.05) is 0 Å². The second kappa shape index (κ2) is 8.19. The fourth-order valence-corrected chi connectivity index (χ4v) is 3.03. The molecule has 5 nitrogen and oxygen atoms in total. The highest BCUT2D eigenvalue weighted by Crippen LogP contribution is 2.25. The van der Waals surface area contributed by atoms with Crippen molar-refractivity contribution in [3.05, 3.63) is 35.4 Å². The number of hydrogen-bond acceptors (Lipinski definition) is 3. The molecule has 0 spiro atoms. The summed E-state index contributed by atoms with van der Waals surface area (Å²) < 4.78 is 28.1. The number of hydrogen-bond donors (Lipinski definition) is 2. The highest BCUT2D eigenvalue weighted by Gasteiger charge is 2.28. The van der Waals surface area contributed by atoms with Gasteiger partial charge in [-0.2, -0.15) is 0 Å². The molecule has 2 rings (SSSR count). The van der Waals surface area contributed by atoms with Crippen LogP contribution in [-0.2, 0) is 9.59 Å². The minimum Gasteiger partial charge on any atom is -0.349 e. The second-order valence-electron chi connectivity index (χ2n) is 6.08. The first kappa shape index (κ1) is 18.3. The summed E-state index contributed by atoms with van der Waals surface area (Å²) in [5.74, 6) is -2.24. The van der Waals surface area contributed by atoms with Crippen molar-refractivity contribution in [2.75, 3.05) is 20.1 Å². The van der Waals surface area contributed by atoms with Crippen molar-refractivity contribution in [1.29, 1.82) is 0 Å². The summed E-state index contributed by atoms with van der Waals surface area (Å²) in [6.07, 6.45) is 1.49. The number of halogens is 2. The molecule has 1 unspecified atom stereocenters. The van der Waals surface area contributed by atoms with Crippen LogP contribution in [-0.4, -0.2) is 42.9 Å². The lowest BCUT2D eigenvalue weighted by Crippen LogP contribution is -2.45. The van der Waals surface area contributed by atoms with Gasteiger partial charge in [0.1, 0.15) is 11.6 Å². The Morgan fingerprint density at radius 1 is 1.29 bits per heavy atom. The monoisotopic (exact) mass is 339 g/mol. The zero-order valence-electron chi connectivity index (χ0n) is 13.9. The van der Waals surface area contributed by atoms with E-state index in [1.54, 1.807) is 11.9 Å². The van der Waals surface area contributed by atoms with E-state index in [9.17, 15) is 18.4 Å². The summed E-state index contributed by atoms with van der Waals surface area (Å²) >= 11 is 0. The van der Waals surface area contributed by atoms with Crippen LogP contribution in [0.3, 0.4) is 0 Å². The van der Waals surface area contributed by atoms with Crippen molar-refractivity contribution in [2.45, 2.75) is 38.3 Å². The Balaban J connectivity index is 2.16. The standard InChI is InChI=1S/C17H23F2N3O2/c1-11(23)21-15(17-13(18)4-3-5-14(17)19)10-16(24)22(2)12-6-8-20-9-7-12/h3-5,12,15,20H,6-10H2,1-2H3,(H,21,23). The van der Waals surface area contributed by atoms with Crippen LogP contribution >= 0.6 is 0 Å². The van der Waals surface area contributed by atoms with Crippen LogP contribution in [0, 0.1) is 11.6 Å². The Morgan fingerprint density at radius 2 is 1.88 bits per heavy atom. The van der Waals surface area contributed by atoms with E-state index in [4.69, 9.17) is 0 Å². The van der Waals surface area contributed by atoms with Crippen LogP contribution < -0.4 is 10.6 Å². The molecule has 0 bridgehead atoms. The largest absolute Gasteiger partial charge is 0.349 e. The van der Waals surface area contributed by atoms with Gasteiger partial charge < -0.3 is 15.5 Å². The normalized spacial score (nSPS) is 16.5. The molecule has 1 aliphatic rings. The Labute approximate surface area is 140 Å². The van der Waals surface area contributed by atoms with Gasteiger partial charge in [-0.3, -0.25) is 9.59 Å². The van der Waals surface area contributed by atoms with Crippen LogP contribution in [0.5, 0.6) is 0 Å². The van der Waals surface area contributed by atoms with Crippen molar-refractivity contribution < 1.29 is 18.4 Å². The number of amides is 2. The zero-order valence-corrected chi connectivity index (χ0v) is 13.9. The first-order valence-electron chi connectivity index (χ1n) is 8.07. The van der Waals surface area contributed by atoms with Crippen molar-refractivity contribution in [1.82, 2.24) is 15.5 Å². The third-order valence-corrected chi connectivity index (χ3v) is 4.35. The lowest BCUT2D eigenvalue weighted by Gasteiger charge is -2.32. The molecule has 0 saturated carbocycles. The van der Waals surface area contributed by atoms with Gasteiger partial charge in [0.05, 0.1) is 12.5 Å². The Kier molecular flexibility index (Phi) is 6.25. The van der Waals surface area contributed by atoms with Crippen molar-refractivity contribution in [3.63, 3.8) is 0 Å². The average Bonchev–Trinajstić information content (AvgIpc) is 2.54. The molecule has 1 heterocycles. The van der Waals surface area contributed by atoms with Gasteiger partial charge in [-0.05, 0) is 38.1 Å². The third-order valence-electron chi connectivity index (χ3n) is 4.35. The van der Waals surface area contributed by atoms with E-state index in [-0.39, 0.29) is 23.9 Å². The SMILES string of the molecule is CC(=O)NC(CC(=O)N(C)C1CCNCC1)c1c(F)cccc1F. The Bertz CT molecular complexity index is 583. The molecule has 0 radical (unpaired) electrons. The molecule has 0 aliphatic carbocycles. The second-order valence-corrected chi connectivity index (χ2v) is 6.08. The van der Waals surface area contributed by atoms with Crippen molar-refractivity contribution in [2.24, 2.45) is 0 Å². The molecule has 7 heteroatoms. The van der Waals surface area contributed by atoms with Gasteiger partial charge in [0.25, 0.3) is 0 Å². The maximum Gasteiger partial charge on any atom is 0.224 e. The topological polar surface area (TPSA) is 61.4 Å². The number of piperidine rings is 1. The number of nitrogens with one attached hydrogen (secondary N) is 2. The fraction of sp³-hybridized carbons (Fsp3) is 0.529. The van der Waals surface area contributed by atoms with Crippen LogP contribution in [0.25, 0.3) is 0 Å². The minimum absolute atomic E-state index is 0.0993. The van der Waals surface area contributed by atoms with Crippen molar-refractivity contribution in [3.8, 4) is 0 Å². The molecule has 1 aromatic carbocycles. The highest BCUT2D eigenvalue weighted by molar-refractivity contribution is 5.79. The van der Waals surface area contributed by atoms with E-state index in [0.29, 0.717) is 0 Å². The maximum atomic E-state index is 14.0. The summed E-state index contributed by atoms with van der Waals surface area (Å²) in [6.45, 7) is 2.92. The van der Waals surface area contributed by atoms with Crippen LogP contribution in [0.15, 0.2) is 18.2 Å². The van der Waals surface area contributed by atoms with E-state index in [0.717, 1.165) is 38.1 Å². The first-order valence-corrected chi connectivity index (χ1v) is 8.07. The maximum absolute atomic E-state index is 14.0. The van der Waals surface area contributed by atoms with Gasteiger partial charge in [-0.25, -0.2) is 8.78 Å². The molecular formula is C17H23F2N3O2. The Morgan fingerprint density at radius 3 is 2.42 bits per heavy atom. The molecule has 24 heavy (non-hydrogen) atoms. The molecule has 1 saturated heterocycles. The molecule has 132 valence electrons. The molecule has 1 fully saturated rings. The predicted octanol–water partition coefficient (Wildman–Crippen LogP) is 1.74. The lowest BCUT2D eigenvalue weighted by molar-refractivity contribution is -0.133. The van der Waals surface area contributed by atoms with Gasteiger partial charge in [0, 0.05) is 25.6 Å². The quantitative estimate of drug-likeness (QED) is 0.859. The van der Waals surface area contributed by atoms with Crippen molar-refractivity contribution >= 4 is 11.8 Å². The van der Waals surface area contributed by atoms with Crippen LogP contribution in [0.1, 0.15) is 37.8 Å². The fourth-order valence-electron chi connectivity index (χ4n) is 3.03. The summed E-state index contributed by atoms with van der Waals surface area (Å²) in [4.78, 5) is 25.6. The van der Waals surface area contributed by atoms with Crippen LogP contribution in [0.2, 0.25) is 0 Å². The summed E-state index contributed by atoms with van der Waals surface area (Å²) in [6, 6.07) is 2.56. The van der Waals surface area contributed by atoms with Gasteiger partial charge in [-0.1, -0.05) is 6.07 Å². The van der Waals surface area contributed by atoms with E-state index < -0.39 is 23.6 Å². The summed E-state index contributed by atoms with van der Waals surface area (Å²) in [5, 5.41) is 5.71. The number of benzene rings is 1. The molecule has 2 N–H and O–H groups in total. The first-order chi connectivity index (χ1) is 11.4. The summed E-state index contributed by atoms with van der Waals surface area (Å²) in [5.41, 5.74) is -0.278. The zero-order chi connectivity index (χ0) is 17.7. The molecule has 1 aliphatic heterocycles. The average molecular weight is 339 g/mol. The molecule has 1 aromatic rings. The van der Waals surface area contributed by atoms with E-state index >= 15 is 0 Å².